The van der Waals surface area contributed by atoms with Gasteiger partial charge in [-0.3, -0.25) is 9.59 Å². The third-order valence-electron chi connectivity index (χ3n) is 4.55. The van der Waals surface area contributed by atoms with Crippen LogP contribution in [0.5, 0.6) is 0 Å². The van der Waals surface area contributed by atoms with Crippen LogP contribution in [-0.2, 0) is 9.53 Å². The van der Waals surface area contributed by atoms with Gasteiger partial charge >= 0.3 is 5.97 Å². The second-order valence-electron chi connectivity index (χ2n) is 6.25. The highest BCUT2D eigenvalue weighted by molar-refractivity contribution is 7.21. The smallest absolute Gasteiger partial charge is 0.350 e. The van der Waals surface area contributed by atoms with Crippen molar-refractivity contribution in [3.63, 3.8) is 0 Å². The maximum absolute atomic E-state index is 12.4. The van der Waals surface area contributed by atoms with Crippen molar-refractivity contribution in [2.45, 2.75) is 12.8 Å². The average Bonchev–Trinajstić information content (AvgIpc) is 3.16. The molecule has 1 amide bonds. The summed E-state index contributed by atoms with van der Waals surface area (Å²) in [6, 6.07) is 12.4. The maximum Gasteiger partial charge on any atom is 0.350 e. The number of carbonyl (C=O) groups excluding carboxylic acids is 3. The highest BCUT2D eigenvalue weighted by Gasteiger charge is 2.27. The van der Waals surface area contributed by atoms with Gasteiger partial charge in [0.05, 0.1) is 10.9 Å². The first-order valence-electron chi connectivity index (χ1n) is 8.28. The maximum atomic E-state index is 12.4. The fraction of sp³-hybridized carbons (Fsp3) is 0.150. The van der Waals surface area contributed by atoms with Crippen LogP contribution in [0.3, 0.4) is 0 Å². The Morgan fingerprint density at radius 1 is 1.22 bits per heavy atom. The lowest BCUT2D eigenvalue weighted by atomic mass is 9.99. The number of ether oxygens (including phenoxy) is 1. The largest absolute Gasteiger partial charge is 0.453 e. The van der Waals surface area contributed by atoms with Gasteiger partial charge in [-0.1, -0.05) is 29.8 Å². The predicted molar refractivity (Wildman–Crippen MR) is 105 cm³/mol. The summed E-state index contributed by atoms with van der Waals surface area (Å²) in [6.07, 6.45) is 0. The molecule has 0 fully saturated rings. The Balaban J connectivity index is 1.48. The van der Waals surface area contributed by atoms with Crippen molar-refractivity contribution in [2.75, 3.05) is 11.9 Å². The molecule has 0 bridgehead atoms. The van der Waals surface area contributed by atoms with Gasteiger partial charge in [-0.25, -0.2) is 4.79 Å². The Morgan fingerprint density at radius 3 is 2.78 bits per heavy atom. The summed E-state index contributed by atoms with van der Waals surface area (Å²) in [4.78, 5) is 36.8. The molecule has 7 heteroatoms. The summed E-state index contributed by atoms with van der Waals surface area (Å²) in [5.41, 5.74) is 1.87. The Morgan fingerprint density at radius 2 is 2.00 bits per heavy atom. The van der Waals surface area contributed by atoms with Gasteiger partial charge in [0.2, 0.25) is 5.91 Å². The first-order chi connectivity index (χ1) is 13.0. The van der Waals surface area contributed by atoms with E-state index in [4.69, 9.17) is 16.3 Å². The molecule has 0 saturated carbocycles. The molecular formula is C20H14ClNO4S. The van der Waals surface area contributed by atoms with Gasteiger partial charge in [-0.15, -0.1) is 11.3 Å². The quantitative estimate of drug-likeness (QED) is 0.512. The van der Waals surface area contributed by atoms with Crippen molar-refractivity contribution < 1.29 is 19.1 Å². The Bertz CT molecular complexity index is 1100. The molecule has 3 aromatic rings. The van der Waals surface area contributed by atoms with E-state index in [0.717, 1.165) is 15.6 Å². The van der Waals surface area contributed by atoms with Gasteiger partial charge in [0.15, 0.2) is 12.4 Å². The van der Waals surface area contributed by atoms with Crippen LogP contribution in [0.15, 0.2) is 42.5 Å². The number of esters is 1. The van der Waals surface area contributed by atoms with Gasteiger partial charge in [0.25, 0.3) is 0 Å². The highest BCUT2D eigenvalue weighted by atomic mass is 35.5. The Kier molecular flexibility index (Phi) is 4.45. The lowest BCUT2D eigenvalue weighted by Crippen LogP contribution is -2.14. The van der Waals surface area contributed by atoms with E-state index in [2.05, 4.69) is 5.32 Å². The number of ketones is 1. The number of Topliss-reactive ketones (excluding diaryl/α,β-unsaturated/α-hetero) is 1. The van der Waals surface area contributed by atoms with Crippen molar-refractivity contribution in [2.24, 2.45) is 0 Å². The summed E-state index contributed by atoms with van der Waals surface area (Å²) < 4.78 is 6.06. The molecule has 0 radical (unpaired) electrons. The molecule has 5 nitrogen and oxygen atoms in total. The van der Waals surface area contributed by atoms with Gasteiger partial charge in [-0.2, -0.15) is 0 Å². The van der Waals surface area contributed by atoms with Crippen molar-refractivity contribution >= 4 is 56.4 Å². The van der Waals surface area contributed by atoms with E-state index >= 15 is 0 Å². The number of thiophene rings is 1. The number of hydrogen-bond donors (Lipinski definition) is 1. The lowest BCUT2D eigenvalue weighted by molar-refractivity contribution is -0.116. The van der Waals surface area contributed by atoms with E-state index in [0.29, 0.717) is 16.3 Å². The molecule has 2 aromatic carbocycles. The third-order valence-corrected chi connectivity index (χ3v) is 6.20. The molecule has 1 aliphatic heterocycles. The van der Waals surface area contributed by atoms with E-state index in [1.54, 1.807) is 25.1 Å². The summed E-state index contributed by atoms with van der Waals surface area (Å²) in [7, 11) is 0. The zero-order valence-corrected chi connectivity index (χ0v) is 15.8. The molecule has 1 N–H and O–H groups in total. The van der Waals surface area contributed by atoms with Crippen molar-refractivity contribution in [1.82, 2.24) is 0 Å². The summed E-state index contributed by atoms with van der Waals surface area (Å²) in [6.45, 7) is 1.39. The number of rotatable bonds is 4. The van der Waals surface area contributed by atoms with Crippen LogP contribution in [-0.4, -0.2) is 24.3 Å². The standard InChI is InChI=1S/C20H14ClNO4S/c1-10-13-8-11(6-7-14(13)22-19(10)24)15(23)9-26-20(25)18-17(21)12-4-2-3-5-16(12)27-18/h2-8,10H,9H2,1H3,(H,22,24)/t10-/m1/s1. The molecule has 27 heavy (non-hydrogen) atoms. The number of benzene rings is 2. The molecular weight excluding hydrogens is 386 g/mol. The number of amides is 1. The summed E-state index contributed by atoms with van der Waals surface area (Å²) in [5, 5.41) is 3.88. The van der Waals surface area contributed by atoms with Gasteiger partial charge in [0, 0.05) is 21.3 Å². The number of anilines is 1. The molecule has 4 rings (SSSR count). The van der Waals surface area contributed by atoms with Crippen LogP contribution in [0.25, 0.3) is 10.1 Å². The SMILES string of the molecule is C[C@H]1C(=O)Nc2ccc(C(=O)COC(=O)c3sc4ccccc4c3Cl)cc21. The number of carbonyl (C=O) groups is 3. The zero-order valence-electron chi connectivity index (χ0n) is 14.2. The molecule has 0 aliphatic carbocycles. The van der Waals surface area contributed by atoms with Crippen molar-refractivity contribution in [1.29, 1.82) is 0 Å². The number of fused-ring (bicyclic) bond motifs is 2. The van der Waals surface area contributed by atoms with E-state index in [9.17, 15) is 14.4 Å². The van der Waals surface area contributed by atoms with Crippen LogP contribution >= 0.6 is 22.9 Å². The van der Waals surface area contributed by atoms with E-state index in [1.807, 2.05) is 24.3 Å². The lowest BCUT2D eigenvalue weighted by Gasteiger charge is -2.06. The van der Waals surface area contributed by atoms with E-state index in [1.165, 1.54) is 11.3 Å². The Labute approximate surface area is 163 Å². The molecule has 1 aromatic heterocycles. The minimum absolute atomic E-state index is 0.0968. The second kappa shape index (κ2) is 6.79. The normalized spacial score (nSPS) is 15.5. The number of halogens is 1. The summed E-state index contributed by atoms with van der Waals surface area (Å²) >= 11 is 7.50. The Hall–Kier alpha value is -2.70. The van der Waals surface area contributed by atoms with Crippen LogP contribution in [0.4, 0.5) is 5.69 Å². The first-order valence-corrected chi connectivity index (χ1v) is 9.47. The molecule has 136 valence electrons. The molecule has 0 spiro atoms. The molecule has 0 unspecified atom stereocenters. The van der Waals surface area contributed by atoms with E-state index in [-0.39, 0.29) is 22.5 Å². The van der Waals surface area contributed by atoms with Gasteiger partial charge in [-0.05, 0) is 36.8 Å². The van der Waals surface area contributed by atoms with Crippen LogP contribution < -0.4 is 5.32 Å². The fourth-order valence-corrected chi connectivity index (χ4v) is 4.42. The topological polar surface area (TPSA) is 72.5 Å². The predicted octanol–water partition coefficient (Wildman–Crippen LogP) is 4.65. The fourth-order valence-electron chi connectivity index (χ4n) is 3.02. The average molecular weight is 400 g/mol. The zero-order chi connectivity index (χ0) is 19.1. The minimum Gasteiger partial charge on any atom is -0.453 e. The monoisotopic (exact) mass is 399 g/mol. The second-order valence-corrected chi connectivity index (χ2v) is 7.68. The van der Waals surface area contributed by atoms with Gasteiger partial charge < -0.3 is 10.1 Å². The van der Waals surface area contributed by atoms with Crippen molar-refractivity contribution in [3.05, 3.63) is 63.5 Å². The minimum atomic E-state index is -0.624. The summed E-state index contributed by atoms with van der Waals surface area (Å²) in [5.74, 6) is -1.37. The highest BCUT2D eigenvalue weighted by Crippen LogP contribution is 2.36. The molecule has 1 aliphatic rings. The van der Waals surface area contributed by atoms with Crippen LogP contribution in [0, 0.1) is 0 Å². The first kappa shape index (κ1) is 17.7. The molecule has 2 heterocycles. The number of hydrogen-bond acceptors (Lipinski definition) is 5. The van der Waals surface area contributed by atoms with Crippen LogP contribution in [0.2, 0.25) is 5.02 Å². The van der Waals surface area contributed by atoms with Crippen LogP contribution in [0.1, 0.15) is 38.4 Å². The van der Waals surface area contributed by atoms with Gasteiger partial charge in [0.1, 0.15) is 4.88 Å². The third kappa shape index (κ3) is 3.11. The molecule has 1 atom stereocenters. The van der Waals surface area contributed by atoms with Crippen molar-refractivity contribution in [3.8, 4) is 0 Å². The van der Waals surface area contributed by atoms with E-state index < -0.39 is 12.6 Å². The number of nitrogens with one attached hydrogen (secondary N) is 1. The molecule has 0 saturated heterocycles.